The highest BCUT2D eigenvalue weighted by molar-refractivity contribution is 5.95. The minimum Gasteiger partial charge on any atom is -0.383 e. The maximum absolute atomic E-state index is 11.8. The van der Waals surface area contributed by atoms with E-state index in [1.165, 1.54) is 18.4 Å². The highest BCUT2D eigenvalue weighted by atomic mass is 16.5. The van der Waals surface area contributed by atoms with Crippen molar-refractivity contribution < 1.29 is 9.53 Å². The molecule has 0 spiro atoms. The Kier molecular flexibility index (Phi) is 3.84. The van der Waals surface area contributed by atoms with Gasteiger partial charge in [0.05, 0.1) is 6.61 Å². The number of methoxy groups -OCH3 is 1. The molecule has 1 amide bonds. The van der Waals surface area contributed by atoms with Gasteiger partial charge in [-0.2, -0.15) is 0 Å². The third-order valence-electron chi connectivity index (χ3n) is 3.16. The van der Waals surface area contributed by atoms with E-state index in [1.807, 2.05) is 19.2 Å². The normalized spacial score (nSPS) is 15.4. The van der Waals surface area contributed by atoms with Gasteiger partial charge in [-0.3, -0.25) is 4.79 Å². The molecule has 18 heavy (non-hydrogen) atoms. The summed E-state index contributed by atoms with van der Waals surface area (Å²) in [6, 6.07) is 5.31. The van der Waals surface area contributed by atoms with E-state index >= 15 is 0 Å². The molecular weight excluding hydrogens is 230 g/mol. The number of amides is 1. The lowest BCUT2D eigenvalue weighted by molar-refractivity contribution is -0.118. The number of carbonyl (C=O) groups is 1. The largest absolute Gasteiger partial charge is 0.383 e. The van der Waals surface area contributed by atoms with E-state index in [2.05, 4.69) is 16.3 Å². The molecule has 0 radical (unpaired) electrons. The van der Waals surface area contributed by atoms with Crippen LogP contribution in [0.4, 0.5) is 11.4 Å². The van der Waals surface area contributed by atoms with Crippen molar-refractivity contribution in [1.82, 2.24) is 0 Å². The second-order valence-corrected chi connectivity index (χ2v) is 4.57. The van der Waals surface area contributed by atoms with E-state index in [1.54, 1.807) is 0 Å². The summed E-state index contributed by atoms with van der Waals surface area (Å²) in [5.41, 5.74) is 8.94. The van der Waals surface area contributed by atoms with Crippen LogP contribution >= 0.6 is 0 Å². The Labute approximate surface area is 107 Å². The summed E-state index contributed by atoms with van der Waals surface area (Å²) in [6.07, 6.45) is 1.06. The summed E-state index contributed by atoms with van der Waals surface area (Å²) in [5.74, 6) is -0.225. The van der Waals surface area contributed by atoms with Gasteiger partial charge in [0.15, 0.2) is 0 Å². The number of nitrogens with one attached hydrogen (secondary N) is 1. The quantitative estimate of drug-likeness (QED) is 0.819. The molecule has 2 rings (SSSR count). The molecule has 0 fully saturated rings. The summed E-state index contributed by atoms with van der Waals surface area (Å²) in [4.78, 5) is 13.9. The smallest absolute Gasteiger partial charge is 0.243 e. The number of hydrogen-bond acceptors (Lipinski definition) is 4. The molecule has 0 aromatic heterocycles. The van der Waals surface area contributed by atoms with Crippen molar-refractivity contribution in [3.63, 3.8) is 0 Å². The minimum absolute atomic E-state index is 0.219. The first-order valence-corrected chi connectivity index (χ1v) is 6.01. The Morgan fingerprint density at radius 3 is 3.11 bits per heavy atom. The summed E-state index contributed by atoms with van der Waals surface area (Å²) >= 11 is 0. The number of nitrogens with two attached hydrogens (primary N) is 1. The van der Waals surface area contributed by atoms with Crippen LogP contribution in [0.1, 0.15) is 5.56 Å². The molecule has 0 saturated heterocycles. The van der Waals surface area contributed by atoms with Crippen molar-refractivity contribution in [3.8, 4) is 0 Å². The highest BCUT2D eigenvalue weighted by Crippen LogP contribution is 2.29. The number of nitrogens with zero attached hydrogens (tertiary/aromatic N) is 1. The summed E-state index contributed by atoms with van der Waals surface area (Å²) < 4.78 is 4.86. The topological polar surface area (TPSA) is 67.6 Å². The van der Waals surface area contributed by atoms with Crippen LogP contribution in [-0.4, -0.2) is 39.3 Å². The Hall–Kier alpha value is -1.59. The van der Waals surface area contributed by atoms with Crippen LogP contribution in [0.25, 0.3) is 0 Å². The van der Waals surface area contributed by atoms with E-state index in [0.29, 0.717) is 0 Å². The monoisotopic (exact) mass is 249 g/mol. The minimum atomic E-state index is -0.638. The highest BCUT2D eigenvalue weighted by Gasteiger charge is 2.17. The first-order chi connectivity index (χ1) is 8.61. The molecule has 0 saturated carbocycles. The lowest BCUT2D eigenvalue weighted by atomic mass is 10.1. The maximum Gasteiger partial charge on any atom is 0.243 e. The fraction of sp³-hybridized carbons (Fsp3) is 0.462. The van der Waals surface area contributed by atoms with Crippen LogP contribution in [0.3, 0.4) is 0 Å². The van der Waals surface area contributed by atoms with E-state index in [-0.39, 0.29) is 12.5 Å². The summed E-state index contributed by atoms with van der Waals surface area (Å²) in [7, 11) is 3.57. The van der Waals surface area contributed by atoms with Gasteiger partial charge >= 0.3 is 0 Å². The number of carbonyl (C=O) groups excluding carboxylic acids is 1. The van der Waals surface area contributed by atoms with Crippen LogP contribution in [-0.2, 0) is 16.0 Å². The van der Waals surface area contributed by atoms with Crippen molar-refractivity contribution in [2.24, 2.45) is 5.73 Å². The zero-order chi connectivity index (χ0) is 13.1. The number of benzene rings is 1. The second-order valence-electron chi connectivity index (χ2n) is 4.57. The van der Waals surface area contributed by atoms with Gasteiger partial charge < -0.3 is 20.7 Å². The molecule has 1 heterocycles. The van der Waals surface area contributed by atoms with Gasteiger partial charge in [-0.15, -0.1) is 0 Å². The van der Waals surface area contributed by atoms with Crippen molar-refractivity contribution in [3.05, 3.63) is 23.8 Å². The summed E-state index contributed by atoms with van der Waals surface area (Å²) in [5, 5.41) is 2.81. The van der Waals surface area contributed by atoms with Gasteiger partial charge in [0.2, 0.25) is 5.91 Å². The zero-order valence-corrected chi connectivity index (χ0v) is 10.8. The number of rotatable bonds is 4. The van der Waals surface area contributed by atoms with Crippen molar-refractivity contribution in [2.45, 2.75) is 12.5 Å². The predicted octanol–water partition coefficient (Wildman–Crippen LogP) is 0.591. The molecule has 0 aliphatic carbocycles. The van der Waals surface area contributed by atoms with Gasteiger partial charge in [0, 0.05) is 32.1 Å². The molecule has 1 unspecified atom stereocenters. The average Bonchev–Trinajstić information content (AvgIpc) is 2.71. The molecule has 1 aromatic rings. The predicted molar refractivity (Wildman–Crippen MR) is 71.9 cm³/mol. The molecule has 1 aliphatic heterocycles. The Balaban J connectivity index is 2.07. The van der Waals surface area contributed by atoms with Gasteiger partial charge in [-0.25, -0.2) is 0 Å². The second kappa shape index (κ2) is 5.37. The lowest BCUT2D eigenvalue weighted by Crippen LogP contribution is -2.39. The van der Waals surface area contributed by atoms with Crippen molar-refractivity contribution in [2.75, 3.05) is 37.5 Å². The molecule has 5 heteroatoms. The molecule has 0 bridgehead atoms. The third-order valence-corrected chi connectivity index (χ3v) is 3.16. The third kappa shape index (κ3) is 2.63. The number of ether oxygens (including phenoxy) is 1. The molecule has 1 atom stereocenters. The van der Waals surface area contributed by atoms with E-state index in [4.69, 9.17) is 10.5 Å². The van der Waals surface area contributed by atoms with Crippen LogP contribution in [0.5, 0.6) is 0 Å². The van der Waals surface area contributed by atoms with Gasteiger partial charge in [-0.05, 0) is 24.1 Å². The molecule has 1 aliphatic rings. The number of likely N-dealkylation sites (N-methyl/N-ethyl adjacent to an activating group) is 1. The van der Waals surface area contributed by atoms with Crippen molar-refractivity contribution in [1.29, 1.82) is 0 Å². The SMILES string of the molecule is COCC(N)C(=O)Nc1ccc2c(c1)N(C)CC2. The van der Waals surface area contributed by atoms with Gasteiger partial charge in [0.1, 0.15) is 6.04 Å². The fourth-order valence-electron chi connectivity index (χ4n) is 2.11. The Morgan fingerprint density at radius 2 is 2.39 bits per heavy atom. The van der Waals surface area contributed by atoms with Crippen LogP contribution in [0.15, 0.2) is 18.2 Å². The molecule has 1 aromatic carbocycles. The standard InChI is InChI=1S/C13H19N3O2/c1-16-6-5-9-3-4-10(7-12(9)16)15-13(17)11(14)8-18-2/h3-4,7,11H,5-6,8,14H2,1-2H3,(H,15,17). The Bertz CT molecular complexity index is 448. The van der Waals surface area contributed by atoms with Gasteiger partial charge in [0.25, 0.3) is 0 Å². The molecular formula is C13H19N3O2. The van der Waals surface area contributed by atoms with E-state index in [9.17, 15) is 4.79 Å². The molecule has 5 nitrogen and oxygen atoms in total. The molecule has 98 valence electrons. The zero-order valence-electron chi connectivity index (χ0n) is 10.8. The number of anilines is 2. The number of fused-ring (bicyclic) bond motifs is 1. The first kappa shape index (κ1) is 12.9. The van der Waals surface area contributed by atoms with Crippen molar-refractivity contribution >= 4 is 17.3 Å². The van der Waals surface area contributed by atoms with Crippen LogP contribution < -0.4 is 16.0 Å². The van der Waals surface area contributed by atoms with E-state index < -0.39 is 6.04 Å². The summed E-state index contributed by atoms with van der Waals surface area (Å²) in [6.45, 7) is 1.24. The van der Waals surface area contributed by atoms with Crippen LogP contribution in [0.2, 0.25) is 0 Å². The number of hydrogen-bond donors (Lipinski definition) is 2. The van der Waals surface area contributed by atoms with E-state index in [0.717, 1.165) is 18.7 Å². The fourth-order valence-corrected chi connectivity index (χ4v) is 2.11. The average molecular weight is 249 g/mol. The Morgan fingerprint density at radius 1 is 1.61 bits per heavy atom. The van der Waals surface area contributed by atoms with Gasteiger partial charge in [-0.1, -0.05) is 6.07 Å². The molecule has 3 N–H and O–H groups in total. The van der Waals surface area contributed by atoms with Crippen LogP contribution in [0, 0.1) is 0 Å². The maximum atomic E-state index is 11.8. The lowest BCUT2D eigenvalue weighted by Gasteiger charge is -2.15. The first-order valence-electron chi connectivity index (χ1n) is 6.01.